The molecular formula is C7H16ClN2O3P. The number of hydrogen-bond donors (Lipinski definition) is 2. The summed E-state index contributed by atoms with van der Waals surface area (Å²) in [5.74, 6) is -0.598. The Hall–Kier alpha value is 0.360. The van der Waals surface area contributed by atoms with Crippen molar-refractivity contribution in [3.05, 3.63) is 0 Å². The fourth-order valence-corrected chi connectivity index (χ4v) is 2.52. The van der Waals surface area contributed by atoms with Crippen LogP contribution in [0.3, 0.4) is 0 Å². The Balaban J connectivity index is 3.14. The lowest BCUT2D eigenvalue weighted by molar-refractivity contribution is 0.175. The third-order valence-corrected chi connectivity index (χ3v) is 3.40. The second kappa shape index (κ2) is 6.05. The second-order valence-corrected chi connectivity index (χ2v) is 4.56. The molecule has 0 spiro atoms. The van der Waals surface area contributed by atoms with E-state index in [-0.39, 0.29) is 13.0 Å². The van der Waals surface area contributed by atoms with E-state index in [0.717, 1.165) is 0 Å². The highest BCUT2D eigenvalue weighted by Gasteiger charge is 2.33. The summed E-state index contributed by atoms with van der Waals surface area (Å²) in [5.41, 5.74) is 0. The largest absolute Gasteiger partial charge is 0.395 e. The van der Waals surface area contributed by atoms with Gasteiger partial charge in [0.25, 0.3) is 0 Å². The van der Waals surface area contributed by atoms with Gasteiger partial charge in [-0.3, -0.25) is 4.57 Å². The minimum Gasteiger partial charge on any atom is -0.395 e. The number of nitrogens with zero attached hydrogens (tertiary/aromatic N) is 1. The maximum atomic E-state index is 12.7. The summed E-state index contributed by atoms with van der Waals surface area (Å²) in [4.78, 5) is 0. The van der Waals surface area contributed by atoms with E-state index in [1.54, 1.807) is 0 Å². The summed E-state index contributed by atoms with van der Waals surface area (Å²) in [6.45, 7) is -8.43. The van der Waals surface area contributed by atoms with Crippen molar-refractivity contribution in [1.82, 2.24) is 9.76 Å². The highest BCUT2D eigenvalue weighted by atomic mass is 35.5. The van der Waals surface area contributed by atoms with Gasteiger partial charge in [0.2, 0.25) is 0 Å². The molecule has 5 nitrogen and oxygen atoms in total. The molecule has 1 aliphatic rings. The molecular weight excluding hydrogens is 227 g/mol. The van der Waals surface area contributed by atoms with Crippen molar-refractivity contribution in [2.75, 3.05) is 38.6 Å². The summed E-state index contributed by atoms with van der Waals surface area (Å²) in [5, 5.41) is 11.0. The van der Waals surface area contributed by atoms with Crippen LogP contribution in [0.1, 0.15) is 14.6 Å². The lowest BCUT2D eigenvalue weighted by atomic mass is 10.4. The van der Waals surface area contributed by atoms with Crippen LogP contribution in [0.15, 0.2) is 0 Å². The van der Waals surface area contributed by atoms with Crippen molar-refractivity contribution in [3.63, 3.8) is 0 Å². The van der Waals surface area contributed by atoms with Gasteiger partial charge in [-0.05, 0) is 6.42 Å². The normalized spacial score (nSPS) is 41.3. The molecule has 0 aromatic heterocycles. The molecule has 0 bridgehead atoms. The van der Waals surface area contributed by atoms with Crippen LogP contribution in [0.25, 0.3) is 0 Å². The van der Waals surface area contributed by atoms with Crippen molar-refractivity contribution >= 4 is 19.3 Å². The highest BCUT2D eigenvalue weighted by Crippen LogP contribution is 2.48. The number of aliphatic hydroxyl groups excluding tert-OH is 1. The van der Waals surface area contributed by atoms with E-state index in [0.29, 0.717) is 4.67 Å². The number of nitrogens with one attached hydrogen (secondary N) is 1. The predicted octanol–water partition coefficient (Wildman–Crippen LogP) is 0.637. The van der Waals surface area contributed by atoms with Crippen LogP contribution in [0.5, 0.6) is 0 Å². The fourth-order valence-electron chi connectivity index (χ4n) is 0.932. The molecule has 0 amide bonds. The van der Waals surface area contributed by atoms with Gasteiger partial charge in [-0.1, -0.05) is 0 Å². The molecule has 0 aliphatic carbocycles. The Morgan fingerprint density at radius 3 is 3.29 bits per heavy atom. The average molecular weight is 249 g/mol. The predicted molar refractivity (Wildman–Crippen MR) is 55.6 cm³/mol. The van der Waals surface area contributed by atoms with Gasteiger partial charge in [-0.15, -0.1) is 11.6 Å². The molecule has 1 heterocycles. The zero-order valence-electron chi connectivity index (χ0n) is 13.4. The zero-order valence-corrected chi connectivity index (χ0v) is 9.01. The maximum absolute atomic E-state index is 12.7. The van der Waals surface area contributed by atoms with Gasteiger partial charge in [0, 0.05) is 30.9 Å². The summed E-state index contributed by atoms with van der Waals surface area (Å²) >= 11 is 5.37. The molecule has 1 unspecified atom stereocenters. The number of rotatable bonds is 5. The third-order valence-electron chi connectivity index (χ3n) is 1.47. The van der Waals surface area contributed by atoms with E-state index in [1.807, 2.05) is 5.09 Å². The van der Waals surface area contributed by atoms with Gasteiger partial charge < -0.3 is 9.63 Å². The van der Waals surface area contributed by atoms with Crippen LogP contribution >= 0.6 is 19.3 Å². The van der Waals surface area contributed by atoms with Crippen LogP contribution in [-0.4, -0.2) is 48.4 Å². The fraction of sp³-hybridized carbons (Fsp3) is 1.00. The number of β-amino-alcohol motifs (C(OH)–C–C–N with tert-alkyl or cyclic N) is 1. The van der Waals surface area contributed by atoms with E-state index in [4.69, 9.17) is 29.5 Å². The minimum absolute atomic E-state index is 0.276. The van der Waals surface area contributed by atoms with Crippen LogP contribution in [-0.2, 0) is 9.09 Å². The molecule has 84 valence electrons. The molecule has 1 rings (SSSR count). The zero-order chi connectivity index (χ0) is 15.8. The third kappa shape index (κ3) is 3.19. The summed E-state index contributed by atoms with van der Waals surface area (Å²) in [7, 11) is -4.41. The van der Waals surface area contributed by atoms with E-state index in [9.17, 15) is 4.57 Å². The average Bonchev–Trinajstić information content (AvgIpc) is 2.25. The van der Waals surface area contributed by atoms with Crippen LogP contribution in [0.2, 0.25) is 0 Å². The van der Waals surface area contributed by atoms with E-state index in [1.165, 1.54) is 0 Å². The summed E-state index contributed by atoms with van der Waals surface area (Å²) in [6.07, 6.45) is -0.276. The first kappa shape index (κ1) is 6.18. The second-order valence-electron chi connectivity index (χ2n) is 2.37. The smallest absolute Gasteiger partial charge is 0.343 e. The Morgan fingerprint density at radius 1 is 1.86 bits per heavy atom. The molecule has 1 aliphatic heterocycles. The summed E-state index contributed by atoms with van der Waals surface area (Å²) in [6, 6.07) is 0. The molecule has 0 radical (unpaired) electrons. The molecule has 0 aromatic carbocycles. The van der Waals surface area contributed by atoms with Gasteiger partial charge in [-0.2, -0.15) is 0 Å². The number of alkyl halides is 1. The van der Waals surface area contributed by atoms with Gasteiger partial charge in [0.1, 0.15) is 0 Å². The minimum atomic E-state index is -4.41. The quantitative estimate of drug-likeness (QED) is 0.552. The summed E-state index contributed by atoms with van der Waals surface area (Å²) < 4.78 is 63.0. The lowest BCUT2D eigenvalue weighted by Gasteiger charge is -2.34. The Morgan fingerprint density at radius 2 is 2.64 bits per heavy atom. The molecule has 0 aromatic rings. The van der Waals surface area contributed by atoms with Crippen molar-refractivity contribution in [3.8, 4) is 0 Å². The Kier molecular flexibility index (Phi) is 2.67. The molecule has 0 saturated carbocycles. The Labute approximate surface area is 97.4 Å². The molecule has 1 atom stereocenters. The number of halogens is 1. The van der Waals surface area contributed by atoms with Gasteiger partial charge in [-0.25, -0.2) is 9.76 Å². The molecule has 1 fully saturated rings. The molecule has 2 N–H and O–H groups in total. The highest BCUT2D eigenvalue weighted by molar-refractivity contribution is 7.54. The van der Waals surface area contributed by atoms with Gasteiger partial charge >= 0.3 is 7.67 Å². The maximum Gasteiger partial charge on any atom is 0.343 e. The van der Waals surface area contributed by atoms with E-state index in [2.05, 4.69) is 0 Å². The standard InChI is InChI=1S/C7H16ClN2O3P/c8-2-3-9-14(12)10(5-6-11)4-1-7-13-14/h11H,1-7H2,(H,9,12)/i3D2,5D2,7D2. The van der Waals surface area contributed by atoms with Gasteiger partial charge in [0.15, 0.2) is 0 Å². The lowest BCUT2D eigenvalue weighted by Crippen LogP contribution is -2.36. The first-order valence-corrected chi connectivity index (χ1v) is 6.04. The van der Waals surface area contributed by atoms with Crippen molar-refractivity contribution in [2.45, 2.75) is 6.42 Å². The first-order chi connectivity index (χ1) is 8.87. The molecule has 7 heteroatoms. The van der Waals surface area contributed by atoms with Crippen molar-refractivity contribution in [2.24, 2.45) is 0 Å². The van der Waals surface area contributed by atoms with Crippen LogP contribution in [0.4, 0.5) is 0 Å². The topological polar surface area (TPSA) is 61.8 Å². The molecule has 14 heavy (non-hydrogen) atoms. The Bertz CT molecular complexity index is 412. The van der Waals surface area contributed by atoms with Crippen LogP contribution < -0.4 is 5.09 Å². The first-order valence-electron chi connectivity index (χ1n) is 6.93. The van der Waals surface area contributed by atoms with Crippen molar-refractivity contribution < 1.29 is 22.4 Å². The SMILES string of the molecule is [2H]C([2H])(CCl)NP1(=O)OC([2H])([2H])CCN1C([2H])([2H])CO. The molecule has 1 saturated heterocycles. The number of hydrogen-bond acceptors (Lipinski definition) is 3. The van der Waals surface area contributed by atoms with Gasteiger partial charge in [0.05, 0.1) is 15.9 Å². The number of aliphatic hydroxyl groups is 1. The van der Waals surface area contributed by atoms with Crippen molar-refractivity contribution in [1.29, 1.82) is 0 Å². The van der Waals surface area contributed by atoms with E-state index >= 15 is 0 Å². The van der Waals surface area contributed by atoms with E-state index < -0.39 is 39.7 Å². The monoisotopic (exact) mass is 248 g/mol. The van der Waals surface area contributed by atoms with Crippen LogP contribution in [0, 0.1) is 0 Å².